The fourth-order valence-electron chi connectivity index (χ4n) is 2.15. The Morgan fingerprint density at radius 1 is 1.50 bits per heavy atom. The second kappa shape index (κ2) is 5.20. The molecule has 98 valence electrons. The third-order valence-electron chi connectivity index (χ3n) is 3.24. The normalized spacial score (nSPS) is 19.4. The van der Waals surface area contributed by atoms with Crippen LogP contribution in [0.5, 0.6) is 0 Å². The van der Waals surface area contributed by atoms with Crippen LogP contribution < -0.4 is 10.6 Å². The Kier molecular flexibility index (Phi) is 3.64. The van der Waals surface area contributed by atoms with Gasteiger partial charge in [0, 0.05) is 17.8 Å². The quantitative estimate of drug-likeness (QED) is 0.703. The number of carbonyl (C=O) groups excluding carboxylic acids is 2. The van der Waals surface area contributed by atoms with Crippen LogP contribution in [0.2, 0.25) is 0 Å². The van der Waals surface area contributed by atoms with Crippen molar-refractivity contribution in [3.63, 3.8) is 0 Å². The van der Waals surface area contributed by atoms with Crippen LogP contribution in [-0.4, -0.2) is 34.6 Å². The predicted molar refractivity (Wildman–Crippen MR) is 65.9 cm³/mol. The molecule has 6 heteroatoms. The SMILES string of the molecule is Cc1n[nH]c(C)c1CC(=O)N[C@H]1CCCNC1=O. The molecule has 1 aromatic heterocycles. The van der Waals surface area contributed by atoms with Crippen molar-refractivity contribution in [1.29, 1.82) is 0 Å². The molecule has 2 amide bonds. The van der Waals surface area contributed by atoms with Gasteiger partial charge in [0.25, 0.3) is 0 Å². The highest BCUT2D eigenvalue weighted by Crippen LogP contribution is 2.10. The Bertz CT molecular complexity index is 447. The van der Waals surface area contributed by atoms with E-state index in [0.29, 0.717) is 13.0 Å². The third kappa shape index (κ3) is 2.69. The van der Waals surface area contributed by atoms with Crippen LogP contribution in [0.3, 0.4) is 0 Å². The van der Waals surface area contributed by atoms with Gasteiger partial charge in [0.05, 0.1) is 12.1 Å². The minimum absolute atomic E-state index is 0.0877. The van der Waals surface area contributed by atoms with Crippen molar-refractivity contribution in [2.24, 2.45) is 0 Å². The summed E-state index contributed by atoms with van der Waals surface area (Å²) in [4.78, 5) is 23.4. The summed E-state index contributed by atoms with van der Waals surface area (Å²) in [5.41, 5.74) is 2.63. The molecule has 1 aromatic rings. The fourth-order valence-corrected chi connectivity index (χ4v) is 2.15. The summed E-state index contributed by atoms with van der Waals surface area (Å²) >= 11 is 0. The first kappa shape index (κ1) is 12.6. The summed E-state index contributed by atoms with van der Waals surface area (Å²) in [6.07, 6.45) is 1.87. The number of piperidine rings is 1. The third-order valence-corrected chi connectivity index (χ3v) is 3.24. The van der Waals surface area contributed by atoms with Gasteiger partial charge in [0.2, 0.25) is 11.8 Å². The molecule has 2 rings (SSSR count). The number of nitrogens with zero attached hydrogens (tertiary/aromatic N) is 1. The number of nitrogens with one attached hydrogen (secondary N) is 3. The lowest BCUT2D eigenvalue weighted by molar-refractivity contribution is -0.129. The standard InChI is InChI=1S/C12H18N4O2/c1-7-9(8(2)16-15-7)6-11(17)14-10-4-3-5-13-12(10)18/h10H,3-6H2,1-2H3,(H,13,18)(H,14,17)(H,15,16)/t10-/m0/s1. The molecular weight excluding hydrogens is 232 g/mol. The smallest absolute Gasteiger partial charge is 0.242 e. The van der Waals surface area contributed by atoms with Crippen molar-refractivity contribution in [2.45, 2.75) is 39.2 Å². The van der Waals surface area contributed by atoms with Crippen molar-refractivity contribution in [3.8, 4) is 0 Å². The highest BCUT2D eigenvalue weighted by atomic mass is 16.2. The number of aromatic nitrogens is 2. The Morgan fingerprint density at radius 3 is 2.89 bits per heavy atom. The van der Waals surface area contributed by atoms with Crippen molar-refractivity contribution in [1.82, 2.24) is 20.8 Å². The Morgan fingerprint density at radius 2 is 2.28 bits per heavy atom. The van der Waals surface area contributed by atoms with E-state index in [1.807, 2.05) is 13.8 Å². The van der Waals surface area contributed by atoms with Crippen molar-refractivity contribution < 1.29 is 9.59 Å². The first-order valence-corrected chi connectivity index (χ1v) is 6.15. The molecule has 1 fully saturated rings. The molecule has 0 aromatic carbocycles. The molecular formula is C12H18N4O2. The molecule has 0 unspecified atom stereocenters. The molecule has 1 aliphatic heterocycles. The minimum atomic E-state index is -0.390. The summed E-state index contributed by atoms with van der Waals surface area (Å²) in [5, 5.41) is 12.4. The second-order valence-corrected chi connectivity index (χ2v) is 4.64. The lowest BCUT2D eigenvalue weighted by atomic mass is 10.1. The van der Waals surface area contributed by atoms with Gasteiger partial charge in [0.1, 0.15) is 6.04 Å². The average Bonchev–Trinajstić information content (AvgIpc) is 2.64. The van der Waals surface area contributed by atoms with Gasteiger partial charge in [-0.2, -0.15) is 5.10 Å². The molecule has 3 N–H and O–H groups in total. The van der Waals surface area contributed by atoms with E-state index in [1.165, 1.54) is 0 Å². The van der Waals surface area contributed by atoms with E-state index in [9.17, 15) is 9.59 Å². The lowest BCUT2D eigenvalue weighted by Crippen LogP contribution is -2.50. The minimum Gasteiger partial charge on any atom is -0.354 e. The maximum absolute atomic E-state index is 11.9. The van der Waals surface area contributed by atoms with Crippen molar-refractivity contribution in [2.75, 3.05) is 6.54 Å². The monoisotopic (exact) mass is 250 g/mol. The zero-order valence-corrected chi connectivity index (χ0v) is 10.7. The van der Waals surface area contributed by atoms with Crippen LogP contribution in [0.4, 0.5) is 0 Å². The summed E-state index contributed by atoms with van der Waals surface area (Å²) in [5.74, 6) is -0.222. The molecule has 0 radical (unpaired) electrons. The number of amides is 2. The molecule has 0 saturated carbocycles. The zero-order chi connectivity index (χ0) is 13.1. The number of rotatable bonds is 3. The second-order valence-electron chi connectivity index (χ2n) is 4.64. The van der Waals surface area contributed by atoms with Crippen LogP contribution in [-0.2, 0) is 16.0 Å². The van der Waals surface area contributed by atoms with Gasteiger partial charge in [-0.1, -0.05) is 0 Å². The number of aryl methyl sites for hydroxylation is 2. The first-order valence-electron chi connectivity index (χ1n) is 6.15. The van der Waals surface area contributed by atoms with Crippen LogP contribution in [0.15, 0.2) is 0 Å². The number of carbonyl (C=O) groups is 2. The van der Waals surface area contributed by atoms with Gasteiger partial charge in [-0.25, -0.2) is 0 Å². The number of hydrogen-bond donors (Lipinski definition) is 3. The zero-order valence-electron chi connectivity index (χ0n) is 10.7. The van der Waals surface area contributed by atoms with Crippen LogP contribution in [0.25, 0.3) is 0 Å². The topological polar surface area (TPSA) is 86.9 Å². The molecule has 0 spiro atoms. The highest BCUT2D eigenvalue weighted by Gasteiger charge is 2.24. The average molecular weight is 250 g/mol. The van der Waals surface area contributed by atoms with Crippen molar-refractivity contribution >= 4 is 11.8 Å². The van der Waals surface area contributed by atoms with Gasteiger partial charge in [-0.05, 0) is 26.7 Å². The van der Waals surface area contributed by atoms with E-state index in [1.54, 1.807) is 0 Å². The van der Waals surface area contributed by atoms with E-state index in [-0.39, 0.29) is 18.2 Å². The first-order chi connectivity index (χ1) is 8.58. The Balaban J connectivity index is 1.94. The largest absolute Gasteiger partial charge is 0.354 e. The fraction of sp³-hybridized carbons (Fsp3) is 0.583. The van der Waals surface area contributed by atoms with Crippen LogP contribution in [0.1, 0.15) is 29.8 Å². The number of H-pyrrole nitrogens is 1. The molecule has 18 heavy (non-hydrogen) atoms. The summed E-state index contributed by atoms with van der Waals surface area (Å²) in [6.45, 7) is 4.44. The molecule has 1 atom stereocenters. The molecule has 0 bridgehead atoms. The van der Waals surface area contributed by atoms with Gasteiger partial charge in [0.15, 0.2) is 0 Å². The summed E-state index contributed by atoms with van der Waals surface area (Å²) in [6, 6.07) is -0.390. The van der Waals surface area contributed by atoms with Gasteiger partial charge >= 0.3 is 0 Å². The van der Waals surface area contributed by atoms with Gasteiger partial charge < -0.3 is 10.6 Å². The molecule has 6 nitrogen and oxygen atoms in total. The van der Waals surface area contributed by atoms with E-state index in [2.05, 4.69) is 20.8 Å². The lowest BCUT2D eigenvalue weighted by Gasteiger charge is -2.22. The molecule has 1 saturated heterocycles. The Hall–Kier alpha value is -1.85. The van der Waals surface area contributed by atoms with Gasteiger partial charge in [-0.3, -0.25) is 14.7 Å². The van der Waals surface area contributed by atoms with E-state index in [4.69, 9.17) is 0 Å². The maximum atomic E-state index is 11.9. The summed E-state index contributed by atoms with van der Waals surface area (Å²) in [7, 11) is 0. The Labute approximate surface area is 106 Å². The van der Waals surface area contributed by atoms with E-state index < -0.39 is 6.04 Å². The number of hydrogen-bond acceptors (Lipinski definition) is 3. The van der Waals surface area contributed by atoms with Crippen LogP contribution >= 0.6 is 0 Å². The van der Waals surface area contributed by atoms with E-state index >= 15 is 0 Å². The number of aromatic amines is 1. The molecule has 1 aliphatic rings. The van der Waals surface area contributed by atoms with E-state index in [0.717, 1.165) is 23.4 Å². The van der Waals surface area contributed by atoms with Crippen molar-refractivity contribution in [3.05, 3.63) is 17.0 Å². The highest BCUT2D eigenvalue weighted by molar-refractivity contribution is 5.88. The molecule has 2 heterocycles. The summed E-state index contributed by atoms with van der Waals surface area (Å²) < 4.78 is 0. The molecule has 0 aliphatic carbocycles. The van der Waals surface area contributed by atoms with Crippen LogP contribution in [0, 0.1) is 13.8 Å². The maximum Gasteiger partial charge on any atom is 0.242 e. The predicted octanol–water partition coefficient (Wildman–Crippen LogP) is -0.0362. The van der Waals surface area contributed by atoms with Gasteiger partial charge in [-0.15, -0.1) is 0 Å².